The van der Waals surface area contributed by atoms with Gasteiger partial charge in [-0.2, -0.15) is 0 Å². The van der Waals surface area contributed by atoms with Crippen LogP contribution in [0.25, 0.3) is 0 Å². The van der Waals surface area contributed by atoms with Crippen LogP contribution in [0.4, 0.5) is 0 Å². The van der Waals surface area contributed by atoms with Gasteiger partial charge >= 0.3 is 5.97 Å². The van der Waals surface area contributed by atoms with E-state index >= 15 is 0 Å². The third kappa shape index (κ3) is 2.07. The van der Waals surface area contributed by atoms with Crippen LogP contribution in [0, 0.1) is 11.8 Å². The number of hydrogen-bond acceptors (Lipinski definition) is 3. The molecule has 1 rings (SSSR count). The minimum absolute atomic E-state index is 0.0731. The molecule has 15 heavy (non-hydrogen) atoms. The molecule has 0 aromatic rings. The molecule has 3 nitrogen and oxygen atoms in total. The Labute approximate surface area is 91.1 Å². The summed E-state index contributed by atoms with van der Waals surface area (Å²) >= 11 is 0. The molecule has 3 heteroatoms. The highest BCUT2D eigenvalue weighted by Crippen LogP contribution is 2.40. The summed E-state index contributed by atoms with van der Waals surface area (Å²) in [5.74, 6) is -0.702. The fourth-order valence-electron chi connectivity index (χ4n) is 2.43. The first-order chi connectivity index (χ1) is 6.93. The van der Waals surface area contributed by atoms with Crippen molar-refractivity contribution in [2.75, 3.05) is 7.11 Å². The third-order valence-corrected chi connectivity index (χ3v) is 3.30. The largest absolute Gasteiger partial charge is 0.469 e. The lowest BCUT2D eigenvalue weighted by Gasteiger charge is -2.34. The standard InChI is InChI=1S/C12H20O3/c1-8(2)10(11(13)15-4)12(14)7-5-6-9(12)3/h6,8,10,14H,5,7H2,1-4H3. The van der Waals surface area contributed by atoms with Gasteiger partial charge in [-0.15, -0.1) is 0 Å². The molecule has 0 aromatic heterocycles. The van der Waals surface area contributed by atoms with Gasteiger partial charge < -0.3 is 9.84 Å². The normalized spacial score (nSPS) is 27.7. The van der Waals surface area contributed by atoms with Crippen molar-refractivity contribution >= 4 is 5.97 Å². The van der Waals surface area contributed by atoms with Gasteiger partial charge in [0.2, 0.25) is 0 Å². The van der Waals surface area contributed by atoms with Crippen molar-refractivity contribution in [3.05, 3.63) is 11.6 Å². The van der Waals surface area contributed by atoms with Crippen molar-refractivity contribution in [2.24, 2.45) is 11.8 Å². The van der Waals surface area contributed by atoms with Gasteiger partial charge in [-0.25, -0.2) is 0 Å². The number of esters is 1. The Hall–Kier alpha value is -0.830. The van der Waals surface area contributed by atoms with Crippen LogP contribution in [0.1, 0.15) is 33.6 Å². The third-order valence-electron chi connectivity index (χ3n) is 3.30. The lowest BCUT2D eigenvalue weighted by Crippen LogP contribution is -2.45. The highest BCUT2D eigenvalue weighted by molar-refractivity contribution is 5.75. The molecule has 1 aliphatic rings. The lowest BCUT2D eigenvalue weighted by molar-refractivity contribution is -0.156. The zero-order valence-electron chi connectivity index (χ0n) is 9.91. The number of aliphatic hydroxyl groups is 1. The summed E-state index contributed by atoms with van der Waals surface area (Å²) < 4.78 is 4.77. The molecule has 0 aromatic carbocycles. The Balaban J connectivity index is 2.99. The number of methoxy groups -OCH3 is 1. The minimum Gasteiger partial charge on any atom is -0.469 e. The fourth-order valence-corrected chi connectivity index (χ4v) is 2.43. The predicted octanol–water partition coefficient (Wildman–Crippen LogP) is 1.90. The number of allylic oxidation sites excluding steroid dienone is 1. The minimum atomic E-state index is -0.999. The molecule has 0 radical (unpaired) electrons. The molecular formula is C12H20O3. The molecule has 2 atom stereocenters. The van der Waals surface area contributed by atoms with E-state index in [2.05, 4.69) is 0 Å². The number of rotatable bonds is 3. The maximum absolute atomic E-state index is 11.7. The van der Waals surface area contributed by atoms with E-state index in [1.54, 1.807) is 0 Å². The van der Waals surface area contributed by atoms with E-state index in [0.29, 0.717) is 6.42 Å². The lowest BCUT2D eigenvalue weighted by atomic mass is 9.76. The van der Waals surface area contributed by atoms with Gasteiger partial charge in [0.1, 0.15) is 0 Å². The second kappa shape index (κ2) is 4.35. The first-order valence-corrected chi connectivity index (χ1v) is 5.41. The summed E-state index contributed by atoms with van der Waals surface area (Å²) in [5, 5.41) is 10.5. The molecule has 1 N–H and O–H groups in total. The maximum Gasteiger partial charge on any atom is 0.312 e. The van der Waals surface area contributed by atoms with E-state index in [9.17, 15) is 9.90 Å². The molecule has 0 heterocycles. The average Bonchev–Trinajstić information content (AvgIpc) is 2.47. The van der Waals surface area contributed by atoms with Crippen LogP contribution >= 0.6 is 0 Å². The smallest absolute Gasteiger partial charge is 0.312 e. The van der Waals surface area contributed by atoms with Crippen molar-refractivity contribution in [2.45, 2.75) is 39.2 Å². The van der Waals surface area contributed by atoms with Crippen molar-refractivity contribution in [1.82, 2.24) is 0 Å². The van der Waals surface area contributed by atoms with Gasteiger partial charge in [0.25, 0.3) is 0 Å². The van der Waals surface area contributed by atoms with Crippen molar-refractivity contribution in [3.63, 3.8) is 0 Å². The van der Waals surface area contributed by atoms with E-state index in [-0.39, 0.29) is 11.9 Å². The van der Waals surface area contributed by atoms with E-state index < -0.39 is 11.5 Å². The van der Waals surface area contributed by atoms with E-state index in [4.69, 9.17) is 4.74 Å². The number of hydrogen-bond donors (Lipinski definition) is 1. The van der Waals surface area contributed by atoms with Gasteiger partial charge in [-0.1, -0.05) is 19.9 Å². The van der Waals surface area contributed by atoms with Crippen molar-refractivity contribution in [3.8, 4) is 0 Å². The quantitative estimate of drug-likeness (QED) is 0.574. The second-order valence-corrected chi connectivity index (χ2v) is 4.59. The van der Waals surface area contributed by atoms with Gasteiger partial charge in [-0.3, -0.25) is 4.79 Å². The molecule has 86 valence electrons. The molecule has 0 spiro atoms. The Kier molecular flexibility index (Phi) is 3.55. The van der Waals surface area contributed by atoms with Gasteiger partial charge in [0.15, 0.2) is 0 Å². The van der Waals surface area contributed by atoms with E-state index in [0.717, 1.165) is 12.0 Å². The summed E-state index contributed by atoms with van der Waals surface area (Å²) in [6.45, 7) is 5.75. The molecular weight excluding hydrogens is 192 g/mol. The molecule has 0 saturated heterocycles. The molecule has 0 fully saturated rings. The summed E-state index contributed by atoms with van der Waals surface area (Å²) in [5.41, 5.74) is -0.104. The topological polar surface area (TPSA) is 46.5 Å². The van der Waals surface area contributed by atoms with Gasteiger partial charge in [-0.05, 0) is 31.3 Å². The summed E-state index contributed by atoms with van der Waals surface area (Å²) in [6, 6.07) is 0. The number of carbonyl (C=O) groups is 1. The highest BCUT2D eigenvalue weighted by atomic mass is 16.5. The second-order valence-electron chi connectivity index (χ2n) is 4.59. The predicted molar refractivity (Wildman–Crippen MR) is 58.3 cm³/mol. The molecule has 0 saturated carbocycles. The van der Waals surface area contributed by atoms with E-state index in [1.807, 2.05) is 26.8 Å². The van der Waals surface area contributed by atoms with Crippen LogP contribution < -0.4 is 0 Å². The fraction of sp³-hybridized carbons (Fsp3) is 0.750. The zero-order valence-corrected chi connectivity index (χ0v) is 9.91. The van der Waals surface area contributed by atoms with Crippen LogP contribution in [0.2, 0.25) is 0 Å². The zero-order chi connectivity index (χ0) is 11.6. The van der Waals surface area contributed by atoms with Crippen molar-refractivity contribution < 1.29 is 14.6 Å². The summed E-state index contributed by atoms with van der Waals surface area (Å²) in [4.78, 5) is 11.7. The highest BCUT2D eigenvalue weighted by Gasteiger charge is 2.46. The number of ether oxygens (including phenoxy) is 1. The molecule has 2 unspecified atom stereocenters. The Morgan fingerprint density at radius 2 is 2.20 bits per heavy atom. The molecule has 0 aliphatic heterocycles. The molecule has 0 amide bonds. The number of carbonyl (C=O) groups excluding carboxylic acids is 1. The average molecular weight is 212 g/mol. The van der Waals surface area contributed by atoms with Gasteiger partial charge in [0, 0.05) is 0 Å². The Morgan fingerprint density at radius 3 is 2.53 bits per heavy atom. The maximum atomic E-state index is 11.7. The van der Waals surface area contributed by atoms with Crippen molar-refractivity contribution in [1.29, 1.82) is 0 Å². The Morgan fingerprint density at radius 1 is 1.60 bits per heavy atom. The molecule has 0 bridgehead atoms. The van der Waals surface area contributed by atoms with Crippen LogP contribution in [0.15, 0.2) is 11.6 Å². The first kappa shape index (κ1) is 12.2. The van der Waals surface area contributed by atoms with Gasteiger partial charge in [0.05, 0.1) is 18.6 Å². The van der Waals surface area contributed by atoms with Crippen LogP contribution in [-0.4, -0.2) is 23.8 Å². The monoisotopic (exact) mass is 212 g/mol. The Bertz CT molecular complexity index is 281. The molecule has 1 aliphatic carbocycles. The van der Waals surface area contributed by atoms with E-state index in [1.165, 1.54) is 7.11 Å². The summed E-state index contributed by atoms with van der Waals surface area (Å²) in [7, 11) is 1.37. The SMILES string of the molecule is COC(=O)C(C(C)C)C1(O)CCC=C1C. The van der Waals surface area contributed by atoms with Crippen LogP contribution in [0.5, 0.6) is 0 Å². The summed E-state index contributed by atoms with van der Waals surface area (Å²) in [6.07, 6.45) is 3.46. The first-order valence-electron chi connectivity index (χ1n) is 5.41. The van der Waals surface area contributed by atoms with Crippen LogP contribution in [0.3, 0.4) is 0 Å². The van der Waals surface area contributed by atoms with Crippen LogP contribution in [-0.2, 0) is 9.53 Å².